The third-order valence-electron chi connectivity index (χ3n) is 4.36. The van der Waals surface area contributed by atoms with Crippen LogP contribution in [0.3, 0.4) is 0 Å². The fourth-order valence-corrected chi connectivity index (χ4v) is 2.72. The van der Waals surface area contributed by atoms with E-state index in [-0.39, 0.29) is 11.8 Å². The Kier molecular flexibility index (Phi) is 6.75. The second-order valence-electron chi connectivity index (χ2n) is 6.28. The van der Waals surface area contributed by atoms with E-state index in [1.807, 2.05) is 49.4 Å². The van der Waals surface area contributed by atoms with Crippen molar-refractivity contribution in [1.82, 2.24) is 10.2 Å². The number of hydrogen-bond acceptors (Lipinski definition) is 2. The molecule has 0 spiro atoms. The third-order valence-corrected chi connectivity index (χ3v) is 4.36. The van der Waals surface area contributed by atoms with Gasteiger partial charge in [-0.2, -0.15) is 0 Å². The van der Waals surface area contributed by atoms with Gasteiger partial charge in [-0.05, 0) is 31.4 Å². The third kappa shape index (κ3) is 5.45. The Hall–Kier alpha value is -2.62. The van der Waals surface area contributed by atoms with Gasteiger partial charge in [0.05, 0.1) is 0 Å². The zero-order chi connectivity index (χ0) is 18.2. The molecule has 2 aromatic carbocycles. The van der Waals surface area contributed by atoms with Crippen molar-refractivity contribution in [3.05, 3.63) is 71.3 Å². The molecule has 0 aliphatic carbocycles. The second kappa shape index (κ2) is 9.02. The van der Waals surface area contributed by atoms with Crippen molar-refractivity contribution in [2.45, 2.75) is 39.3 Å². The van der Waals surface area contributed by atoms with E-state index in [0.29, 0.717) is 19.4 Å². The summed E-state index contributed by atoms with van der Waals surface area (Å²) in [5.74, 6) is -0.167. The molecular weight excluding hydrogens is 312 g/mol. The highest BCUT2D eigenvalue weighted by Gasteiger charge is 2.25. The highest BCUT2D eigenvalue weighted by Crippen LogP contribution is 2.13. The van der Waals surface area contributed by atoms with Crippen LogP contribution in [0.4, 0.5) is 0 Å². The van der Waals surface area contributed by atoms with Crippen molar-refractivity contribution in [2.75, 3.05) is 7.05 Å². The van der Waals surface area contributed by atoms with Gasteiger partial charge in [0.15, 0.2) is 0 Å². The van der Waals surface area contributed by atoms with Gasteiger partial charge in [0.1, 0.15) is 6.04 Å². The van der Waals surface area contributed by atoms with E-state index in [0.717, 1.165) is 11.1 Å². The standard InChI is InChI=1S/C21H26N2O2/c1-16-9-11-18(12-10-16)13-14-20(24)23(17(2)21(25)22-3)15-19-7-5-4-6-8-19/h4-12,17H,13-15H2,1-3H3,(H,22,25)/t17-/m0/s1. The number of carbonyl (C=O) groups excluding carboxylic acids is 2. The minimum atomic E-state index is -0.504. The number of benzene rings is 2. The first-order valence-corrected chi connectivity index (χ1v) is 8.62. The summed E-state index contributed by atoms with van der Waals surface area (Å²) in [6.45, 7) is 4.25. The van der Waals surface area contributed by atoms with Crippen LogP contribution in [-0.2, 0) is 22.6 Å². The van der Waals surface area contributed by atoms with Gasteiger partial charge in [0.2, 0.25) is 11.8 Å². The minimum absolute atomic E-state index is 0.0134. The van der Waals surface area contributed by atoms with Crippen LogP contribution >= 0.6 is 0 Å². The number of aryl methyl sites for hydroxylation is 2. The van der Waals surface area contributed by atoms with Crippen LogP contribution in [0, 0.1) is 6.92 Å². The van der Waals surface area contributed by atoms with Gasteiger partial charge in [-0.15, -0.1) is 0 Å². The lowest BCUT2D eigenvalue weighted by Crippen LogP contribution is -2.46. The fourth-order valence-electron chi connectivity index (χ4n) is 2.72. The van der Waals surface area contributed by atoms with E-state index in [1.165, 1.54) is 5.56 Å². The monoisotopic (exact) mass is 338 g/mol. The summed E-state index contributed by atoms with van der Waals surface area (Å²) in [5, 5.41) is 2.63. The number of carbonyl (C=O) groups is 2. The molecule has 0 aromatic heterocycles. The molecule has 2 aromatic rings. The number of amides is 2. The van der Waals surface area contributed by atoms with Crippen LogP contribution in [0.1, 0.15) is 30.0 Å². The van der Waals surface area contributed by atoms with Crippen LogP contribution in [0.5, 0.6) is 0 Å². The van der Waals surface area contributed by atoms with Gasteiger partial charge in [-0.25, -0.2) is 0 Å². The van der Waals surface area contributed by atoms with Gasteiger partial charge in [0.25, 0.3) is 0 Å². The van der Waals surface area contributed by atoms with E-state index >= 15 is 0 Å². The number of likely N-dealkylation sites (N-methyl/N-ethyl adjacent to an activating group) is 1. The predicted molar refractivity (Wildman–Crippen MR) is 100 cm³/mol. The average molecular weight is 338 g/mol. The van der Waals surface area contributed by atoms with Crippen LogP contribution in [0.15, 0.2) is 54.6 Å². The molecule has 4 nitrogen and oxygen atoms in total. The van der Waals surface area contributed by atoms with Crippen molar-refractivity contribution in [3.8, 4) is 0 Å². The molecule has 4 heteroatoms. The molecule has 0 heterocycles. The van der Waals surface area contributed by atoms with Crippen molar-refractivity contribution in [1.29, 1.82) is 0 Å². The highest BCUT2D eigenvalue weighted by molar-refractivity contribution is 5.87. The quantitative estimate of drug-likeness (QED) is 0.843. The molecule has 0 saturated heterocycles. The van der Waals surface area contributed by atoms with E-state index in [4.69, 9.17) is 0 Å². The maximum Gasteiger partial charge on any atom is 0.242 e. The summed E-state index contributed by atoms with van der Waals surface area (Å²) in [4.78, 5) is 26.5. The Balaban J connectivity index is 2.08. The molecule has 0 bridgehead atoms. The Morgan fingerprint density at radius 3 is 2.24 bits per heavy atom. The molecule has 0 unspecified atom stereocenters. The number of nitrogens with one attached hydrogen (secondary N) is 1. The SMILES string of the molecule is CNC(=O)[C@H](C)N(Cc1ccccc1)C(=O)CCc1ccc(C)cc1. The smallest absolute Gasteiger partial charge is 0.242 e. The predicted octanol–water partition coefficient (Wildman–Crippen LogP) is 3.09. The summed E-state index contributed by atoms with van der Waals surface area (Å²) < 4.78 is 0. The zero-order valence-electron chi connectivity index (χ0n) is 15.2. The van der Waals surface area contributed by atoms with Gasteiger partial charge < -0.3 is 10.2 Å². The van der Waals surface area contributed by atoms with E-state index < -0.39 is 6.04 Å². The van der Waals surface area contributed by atoms with Crippen molar-refractivity contribution >= 4 is 11.8 Å². The first-order valence-electron chi connectivity index (χ1n) is 8.62. The molecule has 2 rings (SSSR count). The highest BCUT2D eigenvalue weighted by atomic mass is 16.2. The molecule has 0 aliphatic rings. The number of hydrogen-bond donors (Lipinski definition) is 1. The maximum absolute atomic E-state index is 12.8. The van der Waals surface area contributed by atoms with Crippen LogP contribution in [-0.4, -0.2) is 29.8 Å². The molecule has 2 amide bonds. The average Bonchev–Trinajstić information content (AvgIpc) is 2.65. The zero-order valence-corrected chi connectivity index (χ0v) is 15.2. The lowest BCUT2D eigenvalue weighted by Gasteiger charge is -2.28. The molecule has 1 atom stereocenters. The molecule has 1 N–H and O–H groups in total. The summed E-state index contributed by atoms with van der Waals surface area (Å²) in [5.41, 5.74) is 3.35. The molecule has 0 radical (unpaired) electrons. The summed E-state index contributed by atoms with van der Waals surface area (Å²) in [7, 11) is 1.59. The molecule has 25 heavy (non-hydrogen) atoms. The van der Waals surface area contributed by atoms with Crippen molar-refractivity contribution < 1.29 is 9.59 Å². The van der Waals surface area contributed by atoms with Gasteiger partial charge >= 0.3 is 0 Å². The van der Waals surface area contributed by atoms with Crippen LogP contribution < -0.4 is 5.32 Å². The molecule has 0 saturated carbocycles. The normalized spacial score (nSPS) is 11.6. The first-order chi connectivity index (χ1) is 12.0. The van der Waals surface area contributed by atoms with E-state index in [9.17, 15) is 9.59 Å². The lowest BCUT2D eigenvalue weighted by atomic mass is 10.1. The van der Waals surface area contributed by atoms with E-state index in [1.54, 1.807) is 18.9 Å². The lowest BCUT2D eigenvalue weighted by molar-refractivity contribution is -0.140. The van der Waals surface area contributed by atoms with Gasteiger partial charge in [0, 0.05) is 20.0 Å². The van der Waals surface area contributed by atoms with Crippen molar-refractivity contribution in [3.63, 3.8) is 0 Å². The molecule has 0 fully saturated rings. The van der Waals surface area contributed by atoms with Gasteiger partial charge in [-0.3, -0.25) is 9.59 Å². The Morgan fingerprint density at radius 2 is 1.64 bits per heavy atom. The van der Waals surface area contributed by atoms with Crippen LogP contribution in [0.25, 0.3) is 0 Å². The van der Waals surface area contributed by atoms with Crippen molar-refractivity contribution in [2.24, 2.45) is 0 Å². The fraction of sp³-hybridized carbons (Fsp3) is 0.333. The summed E-state index contributed by atoms with van der Waals surface area (Å²) >= 11 is 0. The number of rotatable bonds is 7. The Bertz CT molecular complexity index is 696. The molecular formula is C21H26N2O2. The second-order valence-corrected chi connectivity index (χ2v) is 6.28. The van der Waals surface area contributed by atoms with Crippen LogP contribution in [0.2, 0.25) is 0 Å². The first kappa shape index (κ1) is 18.7. The number of nitrogens with zero attached hydrogens (tertiary/aromatic N) is 1. The summed E-state index contributed by atoms with van der Waals surface area (Å²) in [6.07, 6.45) is 1.06. The topological polar surface area (TPSA) is 49.4 Å². The largest absolute Gasteiger partial charge is 0.357 e. The Morgan fingerprint density at radius 1 is 1.00 bits per heavy atom. The molecule has 132 valence electrons. The van der Waals surface area contributed by atoms with E-state index in [2.05, 4.69) is 17.4 Å². The molecule has 0 aliphatic heterocycles. The Labute approximate surface area is 149 Å². The summed E-state index contributed by atoms with van der Waals surface area (Å²) in [6, 6.07) is 17.4. The maximum atomic E-state index is 12.8. The minimum Gasteiger partial charge on any atom is -0.357 e. The van der Waals surface area contributed by atoms with Gasteiger partial charge in [-0.1, -0.05) is 60.2 Å².